The van der Waals surface area contributed by atoms with Gasteiger partial charge < -0.3 is 0 Å². The van der Waals surface area contributed by atoms with E-state index in [4.69, 9.17) is 0 Å². The molecule has 1 saturated carbocycles. The average Bonchev–Trinajstić information content (AvgIpc) is 2.21. The van der Waals surface area contributed by atoms with E-state index in [-0.39, 0.29) is 0 Å². The summed E-state index contributed by atoms with van der Waals surface area (Å²) < 4.78 is 0. The molecule has 0 aromatic heterocycles. The van der Waals surface area contributed by atoms with Crippen molar-refractivity contribution in [2.75, 3.05) is 0 Å². The molecule has 14 heavy (non-hydrogen) atoms. The second-order valence-corrected chi connectivity index (χ2v) is 4.64. The van der Waals surface area contributed by atoms with E-state index in [2.05, 4.69) is 38.2 Å². The van der Waals surface area contributed by atoms with Crippen LogP contribution >= 0.6 is 0 Å². The fraction of sp³-hybridized carbons (Fsp3) is 0.714. The monoisotopic (exact) mass is 192 g/mol. The van der Waals surface area contributed by atoms with E-state index in [1.165, 1.54) is 32.1 Å². The van der Waals surface area contributed by atoms with Gasteiger partial charge in [-0.2, -0.15) is 0 Å². The minimum atomic E-state index is 0.980. The Hall–Kier alpha value is -0.520. The molecule has 0 amide bonds. The molecular weight excluding hydrogens is 168 g/mol. The maximum absolute atomic E-state index is 2.39. The molecule has 0 unspecified atom stereocenters. The Bertz CT molecular complexity index is 180. The van der Waals surface area contributed by atoms with Gasteiger partial charge in [-0.1, -0.05) is 44.1 Å². The first-order valence-corrected chi connectivity index (χ1v) is 6.09. The van der Waals surface area contributed by atoms with Gasteiger partial charge >= 0.3 is 0 Å². The second-order valence-electron chi connectivity index (χ2n) is 4.64. The lowest BCUT2D eigenvalue weighted by Crippen LogP contribution is -2.11. The van der Waals surface area contributed by atoms with Crippen LogP contribution in [0, 0.1) is 11.8 Å². The van der Waals surface area contributed by atoms with Crippen LogP contribution in [0.1, 0.15) is 52.4 Å². The second kappa shape index (κ2) is 6.86. The van der Waals surface area contributed by atoms with Crippen molar-refractivity contribution in [3.63, 3.8) is 0 Å². The smallest absolute Gasteiger partial charge is 0.0169 e. The van der Waals surface area contributed by atoms with Gasteiger partial charge in [0.1, 0.15) is 0 Å². The summed E-state index contributed by atoms with van der Waals surface area (Å²) >= 11 is 0. The van der Waals surface area contributed by atoms with Crippen LogP contribution in [0.25, 0.3) is 0 Å². The summed E-state index contributed by atoms with van der Waals surface area (Å²) in [6.07, 6.45) is 17.2. The topological polar surface area (TPSA) is 0 Å². The Labute approximate surface area is 89.1 Å². The predicted octanol–water partition coefficient (Wildman–Crippen LogP) is 4.73. The molecule has 0 saturated heterocycles. The van der Waals surface area contributed by atoms with Crippen LogP contribution in [0.15, 0.2) is 24.3 Å². The Morgan fingerprint density at radius 2 is 1.71 bits per heavy atom. The highest BCUT2D eigenvalue weighted by molar-refractivity contribution is 4.92. The third-order valence-corrected chi connectivity index (χ3v) is 3.28. The quantitative estimate of drug-likeness (QED) is 0.565. The van der Waals surface area contributed by atoms with Crippen LogP contribution in [-0.4, -0.2) is 0 Å². The first-order chi connectivity index (χ1) is 6.83. The van der Waals surface area contributed by atoms with Crippen molar-refractivity contribution in [1.29, 1.82) is 0 Å². The molecule has 1 fully saturated rings. The van der Waals surface area contributed by atoms with Gasteiger partial charge in [-0.05, 0) is 44.4 Å². The number of hydrogen-bond acceptors (Lipinski definition) is 0. The highest BCUT2D eigenvalue weighted by Crippen LogP contribution is 2.30. The van der Waals surface area contributed by atoms with Crippen molar-refractivity contribution in [2.24, 2.45) is 11.8 Å². The largest absolute Gasteiger partial charge is 0.0914 e. The summed E-state index contributed by atoms with van der Waals surface area (Å²) in [5.74, 6) is 1.96. The van der Waals surface area contributed by atoms with Crippen molar-refractivity contribution in [3.8, 4) is 0 Å². The van der Waals surface area contributed by atoms with E-state index < -0.39 is 0 Å². The molecule has 0 N–H and O–H groups in total. The highest BCUT2D eigenvalue weighted by atomic mass is 14.2. The molecule has 1 aliphatic rings. The van der Waals surface area contributed by atoms with Gasteiger partial charge in [0.05, 0.1) is 0 Å². The minimum Gasteiger partial charge on any atom is -0.0914 e. The maximum Gasteiger partial charge on any atom is -0.0169 e. The van der Waals surface area contributed by atoms with E-state index in [1.807, 2.05) is 0 Å². The normalized spacial score (nSPS) is 29.0. The molecule has 0 atom stereocenters. The van der Waals surface area contributed by atoms with Crippen molar-refractivity contribution >= 4 is 0 Å². The van der Waals surface area contributed by atoms with E-state index >= 15 is 0 Å². The number of rotatable bonds is 4. The Kier molecular flexibility index (Phi) is 5.66. The van der Waals surface area contributed by atoms with E-state index in [9.17, 15) is 0 Å². The van der Waals surface area contributed by atoms with E-state index in [0.717, 1.165) is 18.3 Å². The van der Waals surface area contributed by atoms with Gasteiger partial charge in [0.2, 0.25) is 0 Å². The van der Waals surface area contributed by atoms with Crippen LogP contribution in [0.3, 0.4) is 0 Å². The number of allylic oxidation sites excluding steroid dienone is 4. The standard InChI is InChI=1S/C14H24/c1-3-4-5-6-7-8-14-11-9-13(2)10-12-14/h3-4,6-7,13-14H,5,8-12H2,1-2H3. The van der Waals surface area contributed by atoms with Crippen molar-refractivity contribution in [1.82, 2.24) is 0 Å². The van der Waals surface area contributed by atoms with E-state index in [0.29, 0.717) is 0 Å². The van der Waals surface area contributed by atoms with Crippen molar-refractivity contribution < 1.29 is 0 Å². The zero-order valence-electron chi connectivity index (χ0n) is 9.71. The van der Waals surface area contributed by atoms with Gasteiger partial charge in [-0.25, -0.2) is 0 Å². The highest BCUT2D eigenvalue weighted by Gasteiger charge is 2.16. The summed E-state index contributed by atoms with van der Waals surface area (Å²) in [4.78, 5) is 0. The number of hydrogen-bond donors (Lipinski definition) is 0. The van der Waals surface area contributed by atoms with Crippen LogP contribution in [0.4, 0.5) is 0 Å². The van der Waals surface area contributed by atoms with Crippen molar-refractivity contribution in [3.05, 3.63) is 24.3 Å². The molecule has 0 radical (unpaired) electrons. The van der Waals surface area contributed by atoms with Gasteiger partial charge in [0.25, 0.3) is 0 Å². The third-order valence-electron chi connectivity index (χ3n) is 3.28. The lowest BCUT2D eigenvalue weighted by molar-refractivity contribution is 0.292. The molecular formula is C14H24. The third kappa shape index (κ3) is 4.64. The molecule has 0 spiro atoms. The van der Waals surface area contributed by atoms with Gasteiger partial charge in [-0.3, -0.25) is 0 Å². The molecule has 0 aliphatic heterocycles. The molecule has 80 valence electrons. The molecule has 0 nitrogen and oxygen atoms in total. The predicted molar refractivity (Wildman–Crippen MR) is 64.3 cm³/mol. The van der Waals surface area contributed by atoms with Crippen LogP contribution < -0.4 is 0 Å². The van der Waals surface area contributed by atoms with Crippen LogP contribution in [0.2, 0.25) is 0 Å². The fourth-order valence-electron chi connectivity index (χ4n) is 2.16. The lowest BCUT2D eigenvalue weighted by Gasteiger charge is -2.24. The summed E-state index contributed by atoms with van der Waals surface area (Å²) in [5.41, 5.74) is 0. The molecule has 1 aliphatic carbocycles. The molecule has 0 aromatic carbocycles. The van der Waals surface area contributed by atoms with Gasteiger partial charge in [-0.15, -0.1) is 0 Å². The summed E-state index contributed by atoms with van der Waals surface area (Å²) in [5, 5.41) is 0. The van der Waals surface area contributed by atoms with Gasteiger partial charge in [0.15, 0.2) is 0 Å². The van der Waals surface area contributed by atoms with Crippen molar-refractivity contribution in [2.45, 2.75) is 52.4 Å². The summed E-state index contributed by atoms with van der Waals surface area (Å²) in [6.45, 7) is 4.47. The van der Waals surface area contributed by atoms with Gasteiger partial charge in [0, 0.05) is 0 Å². The first-order valence-electron chi connectivity index (χ1n) is 6.09. The lowest BCUT2D eigenvalue weighted by atomic mass is 9.81. The molecule has 0 aromatic rings. The molecule has 0 heterocycles. The first kappa shape index (κ1) is 11.6. The maximum atomic E-state index is 2.39. The van der Waals surface area contributed by atoms with Crippen LogP contribution in [0.5, 0.6) is 0 Å². The minimum absolute atomic E-state index is 0.980. The van der Waals surface area contributed by atoms with E-state index in [1.54, 1.807) is 0 Å². The Morgan fingerprint density at radius 1 is 1.00 bits per heavy atom. The Balaban J connectivity index is 2.09. The summed E-state index contributed by atoms with van der Waals surface area (Å²) in [6, 6.07) is 0. The fourth-order valence-corrected chi connectivity index (χ4v) is 2.16. The molecule has 0 bridgehead atoms. The molecule has 1 rings (SSSR count). The zero-order valence-corrected chi connectivity index (χ0v) is 9.71. The van der Waals surface area contributed by atoms with Crippen LogP contribution in [-0.2, 0) is 0 Å². The molecule has 0 heteroatoms. The Morgan fingerprint density at radius 3 is 2.36 bits per heavy atom. The SMILES string of the molecule is CC=CCC=CCC1CCC(C)CC1. The summed E-state index contributed by atoms with van der Waals surface area (Å²) in [7, 11) is 0. The average molecular weight is 192 g/mol. The zero-order chi connectivity index (χ0) is 10.2.